The molecule has 26 heavy (non-hydrogen) atoms. The maximum Gasteiger partial charge on any atom is 0.228 e. The van der Waals surface area contributed by atoms with E-state index in [0.717, 1.165) is 33.4 Å². The molecular weight excluding hydrogens is 346 g/mol. The fourth-order valence-corrected chi connectivity index (χ4v) is 3.36. The van der Waals surface area contributed by atoms with Gasteiger partial charge in [0.2, 0.25) is 5.91 Å². The number of halogens is 1. The quantitative estimate of drug-likeness (QED) is 0.723. The van der Waals surface area contributed by atoms with E-state index in [1.807, 2.05) is 69.2 Å². The molecule has 1 N–H and O–H groups in total. The van der Waals surface area contributed by atoms with Gasteiger partial charge in [0.05, 0.1) is 23.3 Å². The molecule has 134 valence electrons. The summed E-state index contributed by atoms with van der Waals surface area (Å²) in [5.74, 6) is -0.0846. The van der Waals surface area contributed by atoms with Crippen LogP contribution in [0.3, 0.4) is 0 Å². The van der Waals surface area contributed by atoms with Gasteiger partial charge in [-0.15, -0.1) is 0 Å². The number of carbonyl (C=O) groups is 1. The summed E-state index contributed by atoms with van der Waals surface area (Å²) >= 11 is 6.10. The minimum Gasteiger partial charge on any atom is -0.376 e. The average molecular weight is 368 g/mol. The second-order valence-electron chi connectivity index (χ2n) is 6.60. The smallest absolute Gasteiger partial charge is 0.228 e. The second kappa shape index (κ2) is 7.34. The van der Waals surface area contributed by atoms with E-state index in [4.69, 9.17) is 11.6 Å². The van der Waals surface area contributed by atoms with Crippen molar-refractivity contribution in [1.82, 2.24) is 4.98 Å². The molecule has 0 aliphatic carbocycles. The average Bonchev–Trinajstić information content (AvgIpc) is 2.58. The van der Waals surface area contributed by atoms with Crippen LogP contribution < -0.4 is 10.2 Å². The Bertz CT molecular complexity index is 982. The summed E-state index contributed by atoms with van der Waals surface area (Å²) < 4.78 is 0. The molecule has 0 bridgehead atoms. The largest absolute Gasteiger partial charge is 0.376 e. The molecule has 0 fully saturated rings. The van der Waals surface area contributed by atoms with Crippen LogP contribution in [-0.2, 0) is 11.2 Å². The molecule has 0 radical (unpaired) electrons. The van der Waals surface area contributed by atoms with Gasteiger partial charge in [0.1, 0.15) is 0 Å². The zero-order valence-corrected chi connectivity index (χ0v) is 16.2. The molecule has 0 aliphatic heterocycles. The van der Waals surface area contributed by atoms with Crippen LogP contribution in [0.15, 0.2) is 42.5 Å². The zero-order chi connectivity index (χ0) is 18.8. The number of hydrogen-bond donors (Lipinski definition) is 1. The minimum atomic E-state index is -0.0846. The summed E-state index contributed by atoms with van der Waals surface area (Å²) in [7, 11) is 3.86. The van der Waals surface area contributed by atoms with Gasteiger partial charge in [-0.25, -0.2) is 0 Å². The van der Waals surface area contributed by atoms with E-state index >= 15 is 0 Å². The first-order chi connectivity index (χ1) is 12.4. The van der Waals surface area contributed by atoms with Gasteiger partial charge in [-0.05, 0) is 49.2 Å². The number of nitrogens with zero attached hydrogens (tertiary/aromatic N) is 2. The summed E-state index contributed by atoms with van der Waals surface area (Å²) in [6.07, 6.45) is 0.273. The van der Waals surface area contributed by atoms with E-state index in [1.165, 1.54) is 0 Å². The van der Waals surface area contributed by atoms with Crippen LogP contribution in [0.1, 0.15) is 16.8 Å². The molecule has 0 spiro atoms. The number of para-hydroxylation sites is 1. The Morgan fingerprint density at radius 3 is 2.62 bits per heavy atom. The molecule has 0 saturated heterocycles. The van der Waals surface area contributed by atoms with Crippen molar-refractivity contribution in [2.45, 2.75) is 20.3 Å². The van der Waals surface area contributed by atoms with Gasteiger partial charge in [0, 0.05) is 30.2 Å². The van der Waals surface area contributed by atoms with Crippen LogP contribution >= 0.6 is 11.6 Å². The predicted octanol–water partition coefficient (Wildman–Crippen LogP) is 4.75. The summed E-state index contributed by atoms with van der Waals surface area (Å²) in [5.41, 5.74) is 5.52. The molecule has 1 amide bonds. The van der Waals surface area contributed by atoms with Crippen molar-refractivity contribution in [3.05, 3.63) is 64.3 Å². The monoisotopic (exact) mass is 367 g/mol. The van der Waals surface area contributed by atoms with E-state index in [0.29, 0.717) is 10.7 Å². The number of fused-ring (bicyclic) bond motifs is 1. The van der Waals surface area contributed by atoms with Gasteiger partial charge in [-0.2, -0.15) is 0 Å². The molecule has 0 aliphatic rings. The fourth-order valence-electron chi connectivity index (χ4n) is 3.18. The maximum absolute atomic E-state index is 12.7. The number of hydrogen-bond acceptors (Lipinski definition) is 3. The number of aromatic nitrogens is 1. The third kappa shape index (κ3) is 3.65. The molecule has 0 atom stereocenters. The molecule has 2 aromatic carbocycles. The van der Waals surface area contributed by atoms with Gasteiger partial charge >= 0.3 is 0 Å². The van der Waals surface area contributed by atoms with E-state index in [1.54, 1.807) is 6.07 Å². The van der Waals surface area contributed by atoms with Crippen LogP contribution in [0.5, 0.6) is 0 Å². The minimum absolute atomic E-state index is 0.0846. The number of amides is 1. The molecule has 4 nitrogen and oxygen atoms in total. The third-order valence-electron chi connectivity index (χ3n) is 4.54. The topological polar surface area (TPSA) is 45.2 Å². The Labute approximate surface area is 158 Å². The van der Waals surface area contributed by atoms with Gasteiger partial charge in [-0.3, -0.25) is 9.78 Å². The Morgan fingerprint density at radius 2 is 1.88 bits per heavy atom. The lowest BCUT2D eigenvalue weighted by Gasteiger charge is -2.19. The van der Waals surface area contributed by atoms with Gasteiger partial charge in [0.25, 0.3) is 0 Å². The van der Waals surface area contributed by atoms with Crippen molar-refractivity contribution in [2.75, 3.05) is 24.3 Å². The molecule has 1 aromatic heterocycles. The Hall–Kier alpha value is -2.59. The fraction of sp³-hybridized carbons (Fsp3) is 0.238. The predicted molar refractivity (Wildman–Crippen MR) is 109 cm³/mol. The van der Waals surface area contributed by atoms with E-state index in [2.05, 4.69) is 10.3 Å². The number of benzene rings is 2. The van der Waals surface area contributed by atoms with Crippen LogP contribution in [0.4, 0.5) is 11.4 Å². The summed E-state index contributed by atoms with van der Waals surface area (Å²) in [6, 6.07) is 13.5. The van der Waals surface area contributed by atoms with Crippen LogP contribution in [0, 0.1) is 13.8 Å². The Morgan fingerprint density at radius 1 is 1.15 bits per heavy atom. The third-order valence-corrected chi connectivity index (χ3v) is 4.77. The van der Waals surface area contributed by atoms with Crippen molar-refractivity contribution in [3.8, 4) is 0 Å². The van der Waals surface area contributed by atoms with Crippen LogP contribution in [0.25, 0.3) is 10.9 Å². The van der Waals surface area contributed by atoms with Crippen molar-refractivity contribution < 1.29 is 4.79 Å². The first-order valence-corrected chi connectivity index (χ1v) is 8.86. The lowest BCUT2D eigenvalue weighted by atomic mass is 9.99. The molecule has 5 heteroatoms. The zero-order valence-electron chi connectivity index (χ0n) is 15.4. The van der Waals surface area contributed by atoms with E-state index in [-0.39, 0.29) is 12.3 Å². The van der Waals surface area contributed by atoms with Crippen molar-refractivity contribution >= 4 is 39.8 Å². The summed E-state index contributed by atoms with van der Waals surface area (Å²) in [6.45, 7) is 4.00. The normalized spacial score (nSPS) is 10.8. The summed E-state index contributed by atoms with van der Waals surface area (Å²) in [4.78, 5) is 19.3. The highest BCUT2D eigenvalue weighted by atomic mass is 35.5. The number of anilines is 2. The summed E-state index contributed by atoms with van der Waals surface area (Å²) in [5, 5.41) is 4.66. The number of aryl methyl sites for hydroxylation is 2. The Kier molecular flexibility index (Phi) is 5.14. The lowest BCUT2D eigenvalue weighted by molar-refractivity contribution is -0.115. The molecular formula is C21H22ClN3O. The van der Waals surface area contributed by atoms with Crippen molar-refractivity contribution in [3.63, 3.8) is 0 Å². The lowest BCUT2D eigenvalue weighted by Crippen LogP contribution is -2.19. The molecule has 0 saturated carbocycles. The highest BCUT2D eigenvalue weighted by molar-refractivity contribution is 6.31. The Balaban J connectivity index is 1.90. The highest BCUT2D eigenvalue weighted by Gasteiger charge is 2.15. The van der Waals surface area contributed by atoms with E-state index in [9.17, 15) is 4.79 Å². The molecule has 3 rings (SSSR count). The second-order valence-corrected chi connectivity index (χ2v) is 7.04. The SMILES string of the molecule is Cc1nc2ccccc2c(C)c1CC(=O)Nc1cc(Cl)ccc1N(C)C. The molecule has 0 unspecified atom stereocenters. The first-order valence-electron chi connectivity index (χ1n) is 8.48. The highest BCUT2D eigenvalue weighted by Crippen LogP contribution is 2.28. The van der Waals surface area contributed by atoms with Crippen LogP contribution in [-0.4, -0.2) is 25.0 Å². The van der Waals surface area contributed by atoms with Crippen LogP contribution in [0.2, 0.25) is 5.02 Å². The van der Waals surface area contributed by atoms with Gasteiger partial charge < -0.3 is 10.2 Å². The van der Waals surface area contributed by atoms with Crippen molar-refractivity contribution in [1.29, 1.82) is 0 Å². The van der Waals surface area contributed by atoms with Crippen molar-refractivity contribution in [2.24, 2.45) is 0 Å². The molecule has 3 aromatic rings. The number of rotatable bonds is 4. The molecule has 1 heterocycles. The standard InChI is InChI=1S/C21H22ClN3O/c1-13-16-7-5-6-8-18(16)23-14(2)17(13)12-21(26)24-19-11-15(22)9-10-20(19)25(3)4/h5-11H,12H2,1-4H3,(H,24,26). The number of carbonyl (C=O) groups excluding carboxylic acids is 1. The number of pyridine rings is 1. The maximum atomic E-state index is 12.7. The van der Waals surface area contributed by atoms with Gasteiger partial charge in [-0.1, -0.05) is 29.8 Å². The van der Waals surface area contributed by atoms with E-state index < -0.39 is 0 Å². The first kappa shape index (κ1) is 18.2. The van der Waals surface area contributed by atoms with Gasteiger partial charge in [0.15, 0.2) is 0 Å². The number of nitrogens with one attached hydrogen (secondary N) is 1.